The number of aromatic nitrogens is 2. The Hall–Kier alpha value is -0.130. The van der Waals surface area contributed by atoms with Crippen LogP contribution in [0.4, 0.5) is 0 Å². The van der Waals surface area contributed by atoms with Crippen molar-refractivity contribution < 1.29 is 4.79 Å². The molecule has 106 valence electrons. The number of thioether (sulfide) groups is 2. The first-order valence-corrected chi connectivity index (χ1v) is 9.04. The standard InChI is InChI=1S/C13H19ClN2OS2/c1-4-10-13(19-6-5-18-10)12(17)11-9(14)7-15-16(11)8(2)3/h7-8,10,13H,4-6H2,1-3H3. The lowest BCUT2D eigenvalue weighted by atomic mass is 10.1. The highest BCUT2D eigenvalue weighted by molar-refractivity contribution is 8.07. The molecule has 0 spiro atoms. The largest absolute Gasteiger partial charge is 0.291 e. The van der Waals surface area contributed by atoms with E-state index in [1.54, 1.807) is 22.6 Å². The van der Waals surface area contributed by atoms with E-state index in [1.165, 1.54) is 0 Å². The Morgan fingerprint density at radius 1 is 1.53 bits per heavy atom. The fourth-order valence-corrected chi connectivity index (χ4v) is 5.47. The second-order valence-corrected chi connectivity index (χ2v) is 7.86. The minimum atomic E-state index is 0.00968. The quantitative estimate of drug-likeness (QED) is 0.788. The summed E-state index contributed by atoms with van der Waals surface area (Å²) in [5.41, 5.74) is 0.579. The van der Waals surface area contributed by atoms with Crippen LogP contribution in [-0.4, -0.2) is 37.6 Å². The molecule has 0 aliphatic carbocycles. The molecule has 1 saturated heterocycles. The molecule has 2 atom stereocenters. The summed E-state index contributed by atoms with van der Waals surface area (Å²) >= 11 is 9.84. The van der Waals surface area contributed by atoms with Gasteiger partial charge in [-0.2, -0.15) is 16.9 Å². The predicted octanol–water partition coefficient (Wildman–Crippen LogP) is 3.93. The summed E-state index contributed by atoms with van der Waals surface area (Å²) in [6.45, 7) is 6.17. The maximum Gasteiger partial charge on any atom is 0.196 e. The molecule has 1 aromatic rings. The fraction of sp³-hybridized carbons (Fsp3) is 0.692. The van der Waals surface area contributed by atoms with E-state index in [0.29, 0.717) is 16.0 Å². The molecule has 1 aromatic heterocycles. The average molecular weight is 319 g/mol. The Balaban J connectivity index is 2.30. The van der Waals surface area contributed by atoms with Crippen molar-refractivity contribution in [2.75, 3.05) is 11.5 Å². The minimum Gasteiger partial charge on any atom is -0.291 e. The first-order valence-electron chi connectivity index (χ1n) is 6.56. The maximum absolute atomic E-state index is 12.8. The van der Waals surface area contributed by atoms with E-state index in [0.717, 1.165) is 17.9 Å². The van der Waals surface area contributed by atoms with Crippen LogP contribution in [0.1, 0.15) is 43.7 Å². The topological polar surface area (TPSA) is 34.9 Å². The molecule has 0 bridgehead atoms. The summed E-state index contributed by atoms with van der Waals surface area (Å²) in [6.07, 6.45) is 2.60. The van der Waals surface area contributed by atoms with Crippen LogP contribution in [-0.2, 0) is 0 Å². The van der Waals surface area contributed by atoms with E-state index in [-0.39, 0.29) is 17.1 Å². The van der Waals surface area contributed by atoms with Crippen molar-refractivity contribution in [1.29, 1.82) is 0 Å². The third kappa shape index (κ3) is 3.14. The predicted molar refractivity (Wildman–Crippen MR) is 84.7 cm³/mol. The van der Waals surface area contributed by atoms with E-state index in [9.17, 15) is 4.79 Å². The number of carbonyl (C=O) groups excluding carboxylic acids is 1. The Labute approximate surface area is 127 Å². The number of hydrogen-bond donors (Lipinski definition) is 0. The van der Waals surface area contributed by atoms with Gasteiger partial charge in [0.05, 0.1) is 16.5 Å². The number of ketones is 1. The molecular weight excluding hydrogens is 300 g/mol. The van der Waals surface area contributed by atoms with Gasteiger partial charge in [0.15, 0.2) is 5.78 Å². The van der Waals surface area contributed by atoms with Crippen molar-refractivity contribution >= 4 is 40.9 Å². The molecule has 1 aliphatic heterocycles. The number of rotatable bonds is 4. The summed E-state index contributed by atoms with van der Waals surface area (Å²) < 4.78 is 1.75. The molecular formula is C13H19ClN2OS2. The van der Waals surface area contributed by atoms with Gasteiger partial charge < -0.3 is 0 Å². The van der Waals surface area contributed by atoms with Gasteiger partial charge in [0, 0.05) is 22.8 Å². The monoisotopic (exact) mass is 318 g/mol. The van der Waals surface area contributed by atoms with E-state index in [2.05, 4.69) is 12.0 Å². The zero-order chi connectivity index (χ0) is 14.0. The molecule has 19 heavy (non-hydrogen) atoms. The highest BCUT2D eigenvalue weighted by Crippen LogP contribution is 2.36. The average Bonchev–Trinajstić information content (AvgIpc) is 2.80. The molecule has 2 unspecified atom stereocenters. The summed E-state index contributed by atoms with van der Waals surface area (Å²) in [5.74, 6) is 2.30. The van der Waals surface area contributed by atoms with Crippen molar-refractivity contribution in [3.63, 3.8) is 0 Å². The van der Waals surface area contributed by atoms with Crippen molar-refractivity contribution in [2.24, 2.45) is 0 Å². The Bertz CT molecular complexity index is 461. The van der Waals surface area contributed by atoms with Gasteiger partial charge in [0.2, 0.25) is 0 Å². The Kier molecular flexibility index (Phi) is 5.26. The van der Waals surface area contributed by atoms with Gasteiger partial charge in [-0.3, -0.25) is 9.48 Å². The van der Waals surface area contributed by atoms with Crippen LogP contribution in [0.25, 0.3) is 0 Å². The summed E-state index contributed by atoms with van der Waals surface area (Å²) in [4.78, 5) is 12.8. The third-order valence-electron chi connectivity index (χ3n) is 3.18. The van der Waals surface area contributed by atoms with E-state index < -0.39 is 0 Å². The lowest BCUT2D eigenvalue weighted by Gasteiger charge is -2.29. The Morgan fingerprint density at radius 3 is 2.84 bits per heavy atom. The summed E-state index contributed by atoms with van der Waals surface area (Å²) in [5, 5.41) is 5.10. The van der Waals surface area contributed by atoms with E-state index in [4.69, 9.17) is 11.6 Å². The highest BCUT2D eigenvalue weighted by atomic mass is 35.5. The van der Waals surface area contributed by atoms with Crippen molar-refractivity contribution in [3.8, 4) is 0 Å². The highest BCUT2D eigenvalue weighted by Gasteiger charge is 2.34. The number of nitrogens with zero attached hydrogens (tertiary/aromatic N) is 2. The smallest absolute Gasteiger partial charge is 0.196 e. The van der Waals surface area contributed by atoms with E-state index in [1.807, 2.05) is 25.6 Å². The molecule has 0 N–H and O–H groups in total. The first-order chi connectivity index (χ1) is 9.06. The summed E-state index contributed by atoms with van der Waals surface area (Å²) in [6, 6.07) is 0.146. The zero-order valence-electron chi connectivity index (χ0n) is 11.4. The zero-order valence-corrected chi connectivity index (χ0v) is 13.8. The Morgan fingerprint density at radius 2 is 2.21 bits per heavy atom. The maximum atomic E-state index is 12.8. The molecule has 0 saturated carbocycles. The van der Waals surface area contributed by atoms with Crippen LogP contribution >= 0.6 is 35.1 Å². The number of hydrogen-bond acceptors (Lipinski definition) is 4. The van der Waals surface area contributed by atoms with E-state index >= 15 is 0 Å². The minimum absolute atomic E-state index is 0.00968. The number of halogens is 1. The van der Waals surface area contributed by atoms with Crippen LogP contribution in [0.3, 0.4) is 0 Å². The lowest BCUT2D eigenvalue weighted by molar-refractivity contribution is 0.0976. The van der Waals surface area contributed by atoms with Crippen LogP contribution in [0.15, 0.2) is 6.20 Å². The van der Waals surface area contributed by atoms with Crippen LogP contribution in [0, 0.1) is 0 Å². The third-order valence-corrected chi connectivity index (χ3v) is 6.71. The molecule has 2 heterocycles. The molecule has 2 rings (SSSR count). The second-order valence-electron chi connectivity index (χ2n) is 4.85. The number of carbonyl (C=O) groups is 1. The number of Topliss-reactive ketones (excluding diaryl/α,β-unsaturated/α-hetero) is 1. The molecule has 0 aromatic carbocycles. The van der Waals surface area contributed by atoms with Gasteiger partial charge >= 0.3 is 0 Å². The molecule has 0 radical (unpaired) electrons. The molecule has 1 fully saturated rings. The fourth-order valence-electron chi connectivity index (χ4n) is 2.24. The molecule has 3 nitrogen and oxygen atoms in total. The summed E-state index contributed by atoms with van der Waals surface area (Å²) in [7, 11) is 0. The van der Waals surface area contributed by atoms with Gasteiger partial charge in [-0.15, -0.1) is 11.8 Å². The van der Waals surface area contributed by atoms with Gasteiger partial charge in [0.1, 0.15) is 5.69 Å². The van der Waals surface area contributed by atoms with Gasteiger partial charge in [0.25, 0.3) is 0 Å². The van der Waals surface area contributed by atoms with Gasteiger partial charge in [-0.1, -0.05) is 18.5 Å². The van der Waals surface area contributed by atoms with Crippen LogP contribution < -0.4 is 0 Å². The SMILES string of the molecule is CCC1SCCSC1C(=O)c1c(Cl)cnn1C(C)C. The molecule has 6 heteroatoms. The van der Waals surface area contributed by atoms with Crippen molar-refractivity contribution in [1.82, 2.24) is 9.78 Å². The second kappa shape index (κ2) is 6.55. The first kappa shape index (κ1) is 15.3. The molecule has 0 amide bonds. The van der Waals surface area contributed by atoms with Gasteiger partial charge in [-0.05, 0) is 20.3 Å². The van der Waals surface area contributed by atoms with Crippen LogP contribution in [0.5, 0.6) is 0 Å². The van der Waals surface area contributed by atoms with Gasteiger partial charge in [-0.25, -0.2) is 0 Å². The van der Waals surface area contributed by atoms with Crippen molar-refractivity contribution in [2.45, 2.75) is 43.7 Å². The normalized spacial score (nSPS) is 23.8. The van der Waals surface area contributed by atoms with Crippen molar-refractivity contribution in [3.05, 3.63) is 16.9 Å². The lowest BCUT2D eigenvalue weighted by Crippen LogP contribution is -2.34. The molecule has 1 aliphatic rings. The van der Waals surface area contributed by atoms with Crippen LogP contribution in [0.2, 0.25) is 5.02 Å².